The van der Waals surface area contributed by atoms with Gasteiger partial charge in [0.05, 0.1) is 6.10 Å². The van der Waals surface area contributed by atoms with Crippen molar-refractivity contribution in [2.75, 3.05) is 12.3 Å². The summed E-state index contributed by atoms with van der Waals surface area (Å²) in [6.07, 6.45) is 5.12. The molecule has 4 aliphatic carbocycles. The highest BCUT2D eigenvalue weighted by Gasteiger charge is 2.69. The number of halogens is 1. The number of hydrogen-bond donors (Lipinski definition) is 4. The third kappa shape index (κ3) is 5.11. The summed E-state index contributed by atoms with van der Waals surface area (Å²) in [6, 6.07) is 10.7. The largest absolute Gasteiger partial charge is 0.399 e. The number of aliphatic hydroxyl groups is 3. The Balaban J connectivity index is 1.31. The van der Waals surface area contributed by atoms with Gasteiger partial charge in [-0.3, -0.25) is 9.59 Å². The minimum atomic E-state index is -1.77. The summed E-state index contributed by atoms with van der Waals surface area (Å²) in [5, 5.41) is 33.6. The molecule has 0 spiro atoms. The zero-order valence-electron chi connectivity index (χ0n) is 26.0. The van der Waals surface area contributed by atoms with Crippen molar-refractivity contribution < 1.29 is 34.0 Å². The quantitative estimate of drug-likeness (QED) is 0.168. The van der Waals surface area contributed by atoms with E-state index in [9.17, 15) is 24.9 Å². The Kier molecular flexibility index (Phi) is 8.40. The molecule has 3 fully saturated rings. The number of fused-ring (bicyclic) bond motifs is 5. The van der Waals surface area contributed by atoms with Gasteiger partial charge >= 0.3 is 0 Å². The number of aryl methyl sites for hydroxylation is 1. The molecule has 7 nitrogen and oxygen atoms in total. The molecule has 0 aliphatic heterocycles. The van der Waals surface area contributed by atoms with E-state index in [4.69, 9.17) is 10.5 Å². The molecule has 0 amide bonds. The standard InChI is InChI=1S/C36H42FNO6S/c1-20-7-8-21(19-45-25-6-4-5-23(38)16-25)32(37)30(20)33(43)44-36(29(42)18-39)14-12-27-26-10-9-22-15-24(40)11-13-34(22,2)31(26)28(41)17-35(27,36)3/h4-8,11,13,15-16,26-28,31,33,39,41,43H,9-10,12,14,17-19,38H2,1-3H3/t26?,27-,28?,31?,33?,34?,35?,36-/m0/s1. The molecule has 3 saturated carbocycles. The zero-order chi connectivity index (χ0) is 32.3. The van der Waals surface area contributed by atoms with Gasteiger partial charge in [0.25, 0.3) is 0 Å². The van der Waals surface area contributed by atoms with Gasteiger partial charge in [0.15, 0.2) is 17.9 Å². The Bertz CT molecular complexity index is 1590. The second-order valence-electron chi connectivity index (χ2n) is 13.8. The highest BCUT2D eigenvalue weighted by atomic mass is 32.2. The van der Waals surface area contributed by atoms with Gasteiger partial charge in [0.1, 0.15) is 18.0 Å². The van der Waals surface area contributed by atoms with Crippen molar-refractivity contribution in [3.8, 4) is 0 Å². The lowest BCUT2D eigenvalue weighted by Crippen LogP contribution is -2.62. The Morgan fingerprint density at radius 2 is 2.00 bits per heavy atom. The number of Topliss-reactive ketones (excluding diaryl/α,β-unsaturated/α-hetero) is 1. The number of ether oxygens (including phenoxy) is 1. The van der Waals surface area contributed by atoms with Gasteiger partial charge in [-0.2, -0.15) is 0 Å². The van der Waals surface area contributed by atoms with Crippen LogP contribution in [0.1, 0.15) is 68.9 Å². The van der Waals surface area contributed by atoms with Crippen LogP contribution in [0.4, 0.5) is 10.1 Å². The number of carbonyl (C=O) groups excluding carboxylic acids is 2. The summed E-state index contributed by atoms with van der Waals surface area (Å²) >= 11 is 1.42. The van der Waals surface area contributed by atoms with Crippen LogP contribution in [0.5, 0.6) is 0 Å². The molecule has 6 rings (SSSR count). The van der Waals surface area contributed by atoms with Crippen LogP contribution in [0.3, 0.4) is 0 Å². The Hall–Kier alpha value is -2.82. The molecule has 0 bridgehead atoms. The maximum absolute atomic E-state index is 16.1. The monoisotopic (exact) mass is 635 g/mol. The van der Waals surface area contributed by atoms with Crippen molar-refractivity contribution in [3.05, 3.63) is 82.7 Å². The van der Waals surface area contributed by atoms with Gasteiger partial charge in [-0.05, 0) is 92.3 Å². The third-order valence-corrected chi connectivity index (χ3v) is 12.5. The fraction of sp³-hybridized carbons (Fsp3) is 0.500. The molecule has 2 aromatic rings. The van der Waals surface area contributed by atoms with Crippen LogP contribution in [-0.4, -0.2) is 45.2 Å². The first-order chi connectivity index (χ1) is 21.3. The van der Waals surface area contributed by atoms with Gasteiger partial charge in [0.2, 0.25) is 0 Å². The van der Waals surface area contributed by atoms with Gasteiger partial charge in [-0.15, -0.1) is 11.8 Å². The Labute approximate surface area is 267 Å². The summed E-state index contributed by atoms with van der Waals surface area (Å²) in [6.45, 7) is 4.88. The van der Waals surface area contributed by atoms with E-state index >= 15 is 4.39 Å². The average Bonchev–Trinajstić information content (AvgIpc) is 3.28. The number of aliphatic hydroxyl groups excluding tert-OH is 3. The fourth-order valence-electron chi connectivity index (χ4n) is 9.32. The number of hydrogen-bond acceptors (Lipinski definition) is 8. The molecule has 8 atom stereocenters. The fourth-order valence-corrected chi connectivity index (χ4v) is 10.3. The molecule has 0 saturated heterocycles. The minimum Gasteiger partial charge on any atom is -0.399 e. The van der Waals surface area contributed by atoms with E-state index < -0.39 is 47.0 Å². The van der Waals surface area contributed by atoms with Crippen LogP contribution in [0.2, 0.25) is 0 Å². The molecule has 240 valence electrons. The Morgan fingerprint density at radius 1 is 1.22 bits per heavy atom. The van der Waals surface area contributed by atoms with E-state index in [2.05, 4.69) is 6.92 Å². The van der Waals surface area contributed by atoms with Crippen LogP contribution < -0.4 is 5.73 Å². The maximum atomic E-state index is 16.1. The van der Waals surface area contributed by atoms with Crippen LogP contribution >= 0.6 is 11.8 Å². The van der Waals surface area contributed by atoms with Crippen LogP contribution in [-0.2, 0) is 20.1 Å². The Morgan fingerprint density at radius 3 is 2.73 bits per heavy atom. The van der Waals surface area contributed by atoms with E-state index in [1.54, 1.807) is 37.3 Å². The number of benzene rings is 2. The summed E-state index contributed by atoms with van der Waals surface area (Å²) in [4.78, 5) is 26.8. The highest BCUT2D eigenvalue weighted by Crippen LogP contribution is 2.68. The van der Waals surface area contributed by atoms with Crippen molar-refractivity contribution in [1.82, 2.24) is 0 Å². The average molecular weight is 636 g/mol. The van der Waals surface area contributed by atoms with Crippen molar-refractivity contribution in [3.63, 3.8) is 0 Å². The second-order valence-corrected chi connectivity index (χ2v) is 14.8. The number of nitrogens with two attached hydrogens (primary N) is 1. The SMILES string of the molecule is Cc1ccc(CSc2cccc(N)c2)c(F)c1C(O)O[C@]1(C(=O)CO)CC[C@H]2C3CCC4=CC(=O)C=CC4(C)C3C(O)CC21C. The summed E-state index contributed by atoms with van der Waals surface area (Å²) in [7, 11) is 0. The van der Waals surface area contributed by atoms with Gasteiger partial charge in [-0.1, -0.05) is 43.7 Å². The van der Waals surface area contributed by atoms with Crippen molar-refractivity contribution >= 4 is 29.0 Å². The third-order valence-electron chi connectivity index (χ3n) is 11.5. The van der Waals surface area contributed by atoms with Crippen molar-refractivity contribution in [2.45, 2.75) is 81.5 Å². The second kappa shape index (κ2) is 11.8. The highest BCUT2D eigenvalue weighted by molar-refractivity contribution is 7.98. The zero-order valence-corrected chi connectivity index (χ0v) is 26.8. The summed E-state index contributed by atoms with van der Waals surface area (Å²) < 4.78 is 22.5. The first-order valence-electron chi connectivity index (χ1n) is 15.7. The van der Waals surface area contributed by atoms with Crippen LogP contribution in [0.25, 0.3) is 0 Å². The van der Waals surface area contributed by atoms with Crippen molar-refractivity contribution in [2.24, 2.45) is 28.6 Å². The van der Waals surface area contributed by atoms with E-state index in [1.165, 1.54) is 11.8 Å². The predicted octanol–water partition coefficient (Wildman–Crippen LogP) is 5.60. The number of thioether (sulfide) groups is 1. The number of anilines is 1. The minimum absolute atomic E-state index is 0.0266. The number of rotatable bonds is 8. The van der Waals surface area contributed by atoms with Gasteiger partial charge < -0.3 is 25.8 Å². The van der Waals surface area contributed by atoms with Gasteiger partial charge in [-0.25, -0.2) is 4.39 Å². The van der Waals surface area contributed by atoms with E-state index in [0.717, 1.165) is 16.9 Å². The smallest absolute Gasteiger partial charge is 0.190 e. The summed E-state index contributed by atoms with van der Waals surface area (Å²) in [5.74, 6) is -1.11. The molecule has 2 aromatic carbocycles. The predicted molar refractivity (Wildman–Crippen MR) is 170 cm³/mol. The lowest BCUT2D eigenvalue weighted by atomic mass is 9.46. The van der Waals surface area contributed by atoms with E-state index in [-0.39, 0.29) is 41.9 Å². The molecular weight excluding hydrogens is 593 g/mol. The molecule has 5 N–H and O–H groups in total. The first-order valence-corrected chi connectivity index (χ1v) is 16.7. The molecule has 0 radical (unpaired) electrons. The number of ketones is 2. The van der Waals surface area contributed by atoms with Gasteiger partial charge in [0, 0.05) is 38.6 Å². The van der Waals surface area contributed by atoms with E-state index in [0.29, 0.717) is 35.4 Å². The lowest BCUT2D eigenvalue weighted by Gasteiger charge is -2.60. The number of carbonyl (C=O) groups is 2. The molecule has 6 unspecified atom stereocenters. The van der Waals surface area contributed by atoms with Crippen LogP contribution in [0.15, 0.2) is 65.1 Å². The number of nitrogen functional groups attached to an aromatic ring is 1. The first kappa shape index (κ1) is 32.1. The summed E-state index contributed by atoms with van der Waals surface area (Å²) in [5.41, 5.74) is 5.32. The molecule has 45 heavy (non-hydrogen) atoms. The van der Waals surface area contributed by atoms with Crippen LogP contribution in [0, 0.1) is 41.3 Å². The normalized spacial score (nSPS) is 34.5. The number of allylic oxidation sites excluding steroid dienone is 4. The molecule has 9 heteroatoms. The molecular formula is C36H42FNO6S. The van der Waals surface area contributed by atoms with Crippen molar-refractivity contribution in [1.29, 1.82) is 0 Å². The maximum Gasteiger partial charge on any atom is 0.190 e. The topological polar surface area (TPSA) is 130 Å². The lowest BCUT2D eigenvalue weighted by molar-refractivity contribution is -0.244. The van der Waals surface area contributed by atoms with E-state index in [1.807, 2.05) is 31.2 Å². The molecule has 0 heterocycles. The molecule has 4 aliphatic rings. The molecule has 0 aromatic heterocycles.